The van der Waals surface area contributed by atoms with E-state index in [0.29, 0.717) is 17.0 Å². The monoisotopic (exact) mass is 243 g/mol. The SMILES string of the molecule is CNC(Cc1ccc(Cl)cc1F)C(C)(C)C. The van der Waals surface area contributed by atoms with Crippen molar-refractivity contribution in [3.63, 3.8) is 0 Å². The van der Waals surface area contributed by atoms with Crippen LogP contribution in [0.2, 0.25) is 5.02 Å². The van der Waals surface area contributed by atoms with Gasteiger partial charge < -0.3 is 5.32 Å². The van der Waals surface area contributed by atoms with Gasteiger partial charge in [-0.25, -0.2) is 4.39 Å². The van der Waals surface area contributed by atoms with Crippen LogP contribution in [0, 0.1) is 11.2 Å². The molecule has 16 heavy (non-hydrogen) atoms. The predicted octanol–water partition coefficient (Wildman–Crippen LogP) is 3.66. The van der Waals surface area contributed by atoms with Crippen molar-refractivity contribution in [2.75, 3.05) is 7.05 Å². The molecule has 0 aliphatic rings. The first-order valence-electron chi connectivity index (χ1n) is 5.46. The van der Waals surface area contributed by atoms with E-state index < -0.39 is 0 Å². The van der Waals surface area contributed by atoms with Gasteiger partial charge in [0, 0.05) is 11.1 Å². The Hall–Kier alpha value is -0.600. The van der Waals surface area contributed by atoms with E-state index in [1.54, 1.807) is 12.1 Å². The smallest absolute Gasteiger partial charge is 0.127 e. The quantitative estimate of drug-likeness (QED) is 0.855. The van der Waals surface area contributed by atoms with Crippen LogP contribution in [0.5, 0.6) is 0 Å². The van der Waals surface area contributed by atoms with Crippen molar-refractivity contribution in [2.24, 2.45) is 5.41 Å². The highest BCUT2D eigenvalue weighted by Crippen LogP contribution is 2.24. The number of hydrogen-bond donors (Lipinski definition) is 1. The lowest BCUT2D eigenvalue weighted by Crippen LogP contribution is -2.39. The third-order valence-corrected chi connectivity index (χ3v) is 3.07. The van der Waals surface area contributed by atoms with E-state index in [2.05, 4.69) is 26.1 Å². The van der Waals surface area contributed by atoms with Gasteiger partial charge in [0.1, 0.15) is 5.82 Å². The van der Waals surface area contributed by atoms with Crippen LogP contribution < -0.4 is 5.32 Å². The highest BCUT2D eigenvalue weighted by Gasteiger charge is 2.24. The van der Waals surface area contributed by atoms with Crippen molar-refractivity contribution in [3.05, 3.63) is 34.6 Å². The first-order valence-corrected chi connectivity index (χ1v) is 5.83. The van der Waals surface area contributed by atoms with Crippen molar-refractivity contribution >= 4 is 11.6 Å². The molecule has 0 heterocycles. The minimum atomic E-state index is -0.225. The van der Waals surface area contributed by atoms with Crippen molar-refractivity contribution in [1.29, 1.82) is 0 Å². The topological polar surface area (TPSA) is 12.0 Å². The summed E-state index contributed by atoms with van der Waals surface area (Å²) in [6.45, 7) is 6.42. The number of nitrogens with one attached hydrogen (secondary N) is 1. The fourth-order valence-electron chi connectivity index (χ4n) is 1.75. The molecule has 0 fully saturated rings. The zero-order valence-electron chi connectivity index (χ0n) is 10.3. The van der Waals surface area contributed by atoms with Crippen molar-refractivity contribution < 1.29 is 4.39 Å². The summed E-state index contributed by atoms with van der Waals surface area (Å²) in [6, 6.07) is 5.10. The number of halogens is 2. The zero-order valence-corrected chi connectivity index (χ0v) is 11.0. The molecule has 3 heteroatoms. The summed E-state index contributed by atoms with van der Waals surface area (Å²) in [7, 11) is 1.91. The molecule has 0 saturated carbocycles. The molecule has 0 aliphatic heterocycles. The number of likely N-dealkylation sites (N-methyl/N-ethyl adjacent to an activating group) is 1. The Morgan fingerprint density at radius 1 is 1.38 bits per heavy atom. The van der Waals surface area contributed by atoms with Crippen LogP contribution in [-0.4, -0.2) is 13.1 Å². The van der Waals surface area contributed by atoms with Gasteiger partial charge in [0.2, 0.25) is 0 Å². The van der Waals surface area contributed by atoms with Crippen molar-refractivity contribution in [3.8, 4) is 0 Å². The lowest BCUT2D eigenvalue weighted by molar-refractivity contribution is 0.278. The highest BCUT2D eigenvalue weighted by molar-refractivity contribution is 6.30. The summed E-state index contributed by atoms with van der Waals surface area (Å²) in [4.78, 5) is 0. The summed E-state index contributed by atoms with van der Waals surface area (Å²) in [5.41, 5.74) is 0.805. The molecule has 0 aromatic heterocycles. The largest absolute Gasteiger partial charge is 0.316 e. The first kappa shape index (κ1) is 13.5. The standard InChI is InChI=1S/C13H19ClFN/c1-13(2,3)12(16-4)7-9-5-6-10(14)8-11(9)15/h5-6,8,12,16H,7H2,1-4H3. The molecule has 0 radical (unpaired) electrons. The van der Waals surface area contributed by atoms with Gasteiger partial charge in [-0.3, -0.25) is 0 Å². The van der Waals surface area contributed by atoms with E-state index in [9.17, 15) is 4.39 Å². The van der Waals surface area contributed by atoms with Crippen LogP contribution in [0.1, 0.15) is 26.3 Å². The summed E-state index contributed by atoms with van der Waals surface area (Å²) in [6.07, 6.45) is 0.670. The average molecular weight is 244 g/mol. The Balaban J connectivity index is 2.86. The number of hydrogen-bond acceptors (Lipinski definition) is 1. The van der Waals surface area contributed by atoms with Gasteiger partial charge in [0.15, 0.2) is 0 Å². The maximum absolute atomic E-state index is 13.6. The molecule has 1 N–H and O–H groups in total. The summed E-state index contributed by atoms with van der Waals surface area (Å²) >= 11 is 5.72. The predicted molar refractivity (Wildman–Crippen MR) is 67.4 cm³/mol. The van der Waals surface area contributed by atoms with E-state index in [1.165, 1.54) is 6.07 Å². The number of benzene rings is 1. The van der Waals surface area contributed by atoms with E-state index in [1.807, 2.05) is 7.05 Å². The lowest BCUT2D eigenvalue weighted by Gasteiger charge is -2.30. The molecule has 0 bridgehead atoms. The molecular weight excluding hydrogens is 225 g/mol. The Labute approximate surface area is 102 Å². The molecule has 1 aromatic carbocycles. The normalized spacial score (nSPS) is 13.9. The molecule has 1 atom stereocenters. The van der Waals surface area contributed by atoms with Crippen LogP contribution >= 0.6 is 11.6 Å². The fourth-order valence-corrected chi connectivity index (χ4v) is 1.91. The van der Waals surface area contributed by atoms with Gasteiger partial charge in [-0.1, -0.05) is 38.4 Å². The average Bonchev–Trinajstić information content (AvgIpc) is 2.14. The Morgan fingerprint density at radius 3 is 2.44 bits per heavy atom. The van der Waals surface area contributed by atoms with Gasteiger partial charge in [-0.2, -0.15) is 0 Å². The maximum Gasteiger partial charge on any atom is 0.127 e. The van der Waals surface area contributed by atoms with Crippen molar-refractivity contribution in [1.82, 2.24) is 5.32 Å². The van der Waals surface area contributed by atoms with Gasteiger partial charge >= 0.3 is 0 Å². The lowest BCUT2D eigenvalue weighted by atomic mass is 9.83. The number of rotatable bonds is 3. The van der Waals surface area contributed by atoms with Crippen LogP contribution in [0.4, 0.5) is 4.39 Å². The molecule has 0 spiro atoms. The second-order valence-corrected chi connectivity index (χ2v) is 5.58. The van der Waals surface area contributed by atoms with Gasteiger partial charge in [0.05, 0.1) is 0 Å². The molecule has 1 nitrogen and oxygen atoms in total. The molecule has 0 saturated heterocycles. The fraction of sp³-hybridized carbons (Fsp3) is 0.538. The molecular formula is C13H19ClFN. The maximum atomic E-state index is 13.6. The summed E-state index contributed by atoms with van der Waals surface area (Å²) < 4.78 is 13.6. The van der Waals surface area contributed by atoms with E-state index in [0.717, 1.165) is 0 Å². The minimum absolute atomic E-state index is 0.0980. The molecule has 0 aliphatic carbocycles. The van der Waals surface area contributed by atoms with E-state index in [-0.39, 0.29) is 17.3 Å². The van der Waals surface area contributed by atoms with Gasteiger partial charge in [-0.05, 0) is 36.6 Å². The minimum Gasteiger partial charge on any atom is -0.316 e. The van der Waals surface area contributed by atoms with Crippen LogP contribution in [0.3, 0.4) is 0 Å². The van der Waals surface area contributed by atoms with E-state index in [4.69, 9.17) is 11.6 Å². The van der Waals surface area contributed by atoms with Crippen LogP contribution in [0.25, 0.3) is 0 Å². The zero-order chi connectivity index (χ0) is 12.3. The van der Waals surface area contributed by atoms with Crippen LogP contribution in [0.15, 0.2) is 18.2 Å². The molecule has 0 amide bonds. The van der Waals surface area contributed by atoms with Crippen molar-refractivity contribution in [2.45, 2.75) is 33.2 Å². The van der Waals surface area contributed by atoms with Gasteiger partial charge in [0.25, 0.3) is 0 Å². The third kappa shape index (κ3) is 3.46. The second-order valence-electron chi connectivity index (χ2n) is 5.15. The van der Waals surface area contributed by atoms with Gasteiger partial charge in [-0.15, -0.1) is 0 Å². The summed E-state index contributed by atoms with van der Waals surface area (Å²) in [5.74, 6) is -0.225. The first-order chi connectivity index (χ1) is 7.34. The molecule has 1 aromatic rings. The Morgan fingerprint density at radius 2 is 2.00 bits per heavy atom. The molecule has 1 unspecified atom stereocenters. The van der Waals surface area contributed by atoms with Crippen LogP contribution in [-0.2, 0) is 6.42 Å². The van der Waals surface area contributed by atoms with E-state index >= 15 is 0 Å². The second kappa shape index (κ2) is 5.15. The molecule has 1 rings (SSSR count). The molecule has 90 valence electrons. The summed E-state index contributed by atoms with van der Waals surface area (Å²) in [5, 5.41) is 3.68. The Kier molecular flexibility index (Phi) is 4.34. The Bertz CT molecular complexity index is 357. The highest BCUT2D eigenvalue weighted by atomic mass is 35.5. The third-order valence-electron chi connectivity index (χ3n) is 2.83.